The summed E-state index contributed by atoms with van der Waals surface area (Å²) in [6, 6.07) is 21.6. The molecule has 1 fully saturated rings. The van der Waals surface area contributed by atoms with Gasteiger partial charge < -0.3 is 10.1 Å². The van der Waals surface area contributed by atoms with Crippen molar-refractivity contribution in [3.63, 3.8) is 0 Å². The Morgan fingerprint density at radius 2 is 1.71 bits per heavy atom. The first-order chi connectivity index (χ1) is 16.8. The van der Waals surface area contributed by atoms with Crippen molar-refractivity contribution in [3.05, 3.63) is 88.4 Å². The molecule has 1 N–H and O–H groups in total. The Balaban J connectivity index is 1.42. The van der Waals surface area contributed by atoms with E-state index >= 15 is 0 Å². The number of nitrogens with one attached hydrogen (secondary N) is 1. The van der Waals surface area contributed by atoms with Crippen molar-refractivity contribution >= 4 is 37.5 Å². The maximum absolute atomic E-state index is 13.0. The van der Waals surface area contributed by atoms with Gasteiger partial charge in [0, 0.05) is 29.7 Å². The van der Waals surface area contributed by atoms with Crippen LogP contribution in [0.15, 0.2) is 82.2 Å². The van der Waals surface area contributed by atoms with Gasteiger partial charge in [-0.3, -0.25) is 4.79 Å². The van der Waals surface area contributed by atoms with E-state index < -0.39 is 10.0 Å². The van der Waals surface area contributed by atoms with Gasteiger partial charge >= 0.3 is 0 Å². The molecule has 0 aromatic heterocycles. The number of hydrogen-bond donors (Lipinski definition) is 1. The molecule has 6 nitrogen and oxygen atoms in total. The van der Waals surface area contributed by atoms with Gasteiger partial charge in [-0.1, -0.05) is 53.2 Å². The molecule has 8 heteroatoms. The van der Waals surface area contributed by atoms with Crippen LogP contribution in [0, 0.1) is 5.92 Å². The Morgan fingerprint density at radius 1 is 1.03 bits per heavy atom. The van der Waals surface area contributed by atoms with E-state index in [1.807, 2.05) is 36.4 Å². The fourth-order valence-electron chi connectivity index (χ4n) is 4.01. The van der Waals surface area contributed by atoms with E-state index in [2.05, 4.69) is 28.2 Å². The molecule has 1 aliphatic heterocycles. The van der Waals surface area contributed by atoms with E-state index in [1.54, 1.807) is 40.7 Å². The molecule has 0 aliphatic carbocycles. The van der Waals surface area contributed by atoms with Crippen molar-refractivity contribution in [2.24, 2.45) is 5.92 Å². The van der Waals surface area contributed by atoms with Crippen LogP contribution >= 0.6 is 15.9 Å². The Morgan fingerprint density at radius 3 is 2.40 bits per heavy atom. The maximum atomic E-state index is 13.0. The maximum Gasteiger partial charge on any atom is 0.259 e. The molecule has 184 valence electrons. The number of piperidine rings is 1. The lowest BCUT2D eigenvalue weighted by molar-refractivity contribution is 0.102. The number of benzene rings is 3. The minimum Gasteiger partial charge on any atom is -0.492 e. The second-order valence-electron chi connectivity index (χ2n) is 8.79. The van der Waals surface area contributed by atoms with Crippen LogP contribution in [0.2, 0.25) is 0 Å². The second-order valence-corrected chi connectivity index (χ2v) is 11.6. The summed E-state index contributed by atoms with van der Waals surface area (Å²) in [5.74, 6) is 0.700. The predicted octanol–water partition coefficient (Wildman–Crippen LogP) is 5.74. The average molecular weight is 558 g/mol. The Bertz CT molecular complexity index is 1260. The molecule has 0 atom stereocenters. The summed E-state index contributed by atoms with van der Waals surface area (Å²) in [7, 11) is -3.53. The summed E-state index contributed by atoms with van der Waals surface area (Å²) in [6.45, 7) is 3.66. The van der Waals surface area contributed by atoms with Crippen LogP contribution < -0.4 is 10.1 Å². The smallest absolute Gasteiger partial charge is 0.259 e. The summed E-state index contributed by atoms with van der Waals surface area (Å²) in [5, 5.41) is 2.85. The van der Waals surface area contributed by atoms with E-state index in [0.717, 1.165) is 29.3 Å². The summed E-state index contributed by atoms with van der Waals surface area (Å²) >= 11 is 3.42. The molecule has 3 aromatic rings. The van der Waals surface area contributed by atoms with Crippen LogP contribution in [0.4, 0.5) is 5.69 Å². The van der Waals surface area contributed by atoms with Crippen molar-refractivity contribution in [1.82, 2.24) is 4.31 Å². The van der Waals surface area contributed by atoms with Crippen LogP contribution in [0.3, 0.4) is 0 Å². The monoisotopic (exact) mass is 556 g/mol. The van der Waals surface area contributed by atoms with Gasteiger partial charge in [0.1, 0.15) is 5.75 Å². The topological polar surface area (TPSA) is 75.7 Å². The first-order valence-electron chi connectivity index (χ1n) is 11.7. The molecule has 0 unspecified atom stereocenters. The van der Waals surface area contributed by atoms with E-state index in [9.17, 15) is 13.2 Å². The average Bonchev–Trinajstić information content (AvgIpc) is 2.86. The summed E-state index contributed by atoms with van der Waals surface area (Å²) in [6.07, 6.45) is 2.47. The molecule has 1 amide bonds. The van der Waals surface area contributed by atoms with Gasteiger partial charge in [-0.2, -0.15) is 4.31 Å². The van der Waals surface area contributed by atoms with Crippen molar-refractivity contribution in [3.8, 4) is 5.75 Å². The molecule has 0 spiro atoms. The number of ether oxygens (including phenoxy) is 1. The largest absolute Gasteiger partial charge is 0.492 e. The highest BCUT2D eigenvalue weighted by atomic mass is 79.9. The van der Waals surface area contributed by atoms with Crippen molar-refractivity contribution < 1.29 is 17.9 Å². The van der Waals surface area contributed by atoms with E-state index in [1.165, 1.54) is 0 Å². The second kappa shape index (κ2) is 11.4. The number of carbonyl (C=O) groups excluding carboxylic acids is 1. The van der Waals surface area contributed by atoms with Gasteiger partial charge in [0.2, 0.25) is 10.0 Å². The number of carbonyl (C=O) groups is 1. The van der Waals surface area contributed by atoms with Crippen LogP contribution in [0.5, 0.6) is 5.75 Å². The van der Waals surface area contributed by atoms with Crippen LogP contribution in [-0.2, 0) is 16.4 Å². The quantitative estimate of drug-likeness (QED) is 0.383. The summed E-state index contributed by atoms with van der Waals surface area (Å²) in [4.78, 5) is 13.3. The molecule has 0 bridgehead atoms. The minimum atomic E-state index is -3.53. The zero-order chi connectivity index (χ0) is 24.8. The minimum absolute atomic E-state index is 0.234. The van der Waals surface area contributed by atoms with Crippen LogP contribution in [-0.4, -0.2) is 38.3 Å². The Labute approximate surface area is 215 Å². The number of amides is 1. The van der Waals surface area contributed by atoms with E-state index in [0.29, 0.717) is 42.6 Å². The normalized spacial score (nSPS) is 15.0. The van der Waals surface area contributed by atoms with Gasteiger partial charge in [0.05, 0.1) is 17.1 Å². The third-order valence-corrected chi connectivity index (χ3v) is 8.58. The van der Waals surface area contributed by atoms with Crippen LogP contribution in [0.25, 0.3) is 0 Å². The number of nitrogens with zero attached hydrogens (tertiary/aromatic N) is 1. The molecule has 3 aromatic carbocycles. The zero-order valence-electron chi connectivity index (χ0n) is 19.6. The van der Waals surface area contributed by atoms with Crippen molar-refractivity contribution in [2.45, 2.75) is 31.1 Å². The summed E-state index contributed by atoms with van der Waals surface area (Å²) < 4.78 is 34.1. The molecule has 4 rings (SSSR count). The third kappa shape index (κ3) is 6.51. The lowest BCUT2D eigenvalue weighted by Crippen LogP contribution is -2.37. The van der Waals surface area contributed by atoms with Gasteiger partial charge in [-0.05, 0) is 66.8 Å². The van der Waals surface area contributed by atoms with Gasteiger partial charge in [-0.15, -0.1) is 0 Å². The molecular weight excluding hydrogens is 528 g/mol. The fraction of sp³-hybridized carbons (Fsp3) is 0.296. The summed E-state index contributed by atoms with van der Waals surface area (Å²) in [5.41, 5.74) is 2.06. The first kappa shape index (κ1) is 25.4. The van der Waals surface area contributed by atoms with Crippen LogP contribution in [0.1, 0.15) is 35.7 Å². The predicted molar refractivity (Wildman–Crippen MR) is 141 cm³/mol. The Kier molecular flexibility index (Phi) is 8.26. The molecular formula is C27H29BrN2O4S. The Hall–Kier alpha value is -2.68. The third-order valence-electron chi connectivity index (χ3n) is 6.17. The molecule has 1 aliphatic rings. The van der Waals surface area contributed by atoms with Gasteiger partial charge in [-0.25, -0.2) is 8.42 Å². The fourth-order valence-corrected chi connectivity index (χ4v) is 5.84. The van der Waals surface area contributed by atoms with Crippen molar-refractivity contribution in [1.29, 1.82) is 0 Å². The highest BCUT2D eigenvalue weighted by Gasteiger charge is 2.28. The number of anilines is 1. The highest BCUT2D eigenvalue weighted by Crippen LogP contribution is 2.27. The van der Waals surface area contributed by atoms with Gasteiger partial charge in [0.15, 0.2) is 0 Å². The van der Waals surface area contributed by atoms with Crippen molar-refractivity contribution in [2.75, 3.05) is 25.0 Å². The zero-order valence-corrected chi connectivity index (χ0v) is 22.0. The number of hydrogen-bond acceptors (Lipinski definition) is 4. The first-order valence-corrected chi connectivity index (χ1v) is 13.9. The lowest BCUT2D eigenvalue weighted by Gasteiger charge is -2.29. The molecule has 1 saturated heterocycles. The SMILES string of the molecule is CC1CCN(S(=O)(=O)c2ccc(NC(=O)c3cc(Br)ccc3OCCc3ccccc3)cc2)CC1. The lowest BCUT2D eigenvalue weighted by atomic mass is 10.0. The molecule has 35 heavy (non-hydrogen) atoms. The number of sulfonamides is 1. The number of halogens is 1. The standard InChI is InChI=1S/C27H29BrN2O4S/c1-20-13-16-30(17-14-20)35(32,33)24-10-8-23(9-11-24)29-27(31)25-19-22(28)7-12-26(25)34-18-15-21-5-3-2-4-6-21/h2-12,19-20H,13-18H2,1H3,(H,29,31). The highest BCUT2D eigenvalue weighted by molar-refractivity contribution is 9.10. The molecule has 0 saturated carbocycles. The van der Waals surface area contributed by atoms with E-state index in [4.69, 9.17) is 4.74 Å². The molecule has 1 heterocycles. The molecule has 0 radical (unpaired) electrons. The van der Waals surface area contributed by atoms with Gasteiger partial charge in [0.25, 0.3) is 5.91 Å². The number of rotatable bonds is 8. The van der Waals surface area contributed by atoms with E-state index in [-0.39, 0.29) is 10.8 Å².